The standard InChI is InChI=1S/C13H14N2OS/c16-13-3-1-2-12-11(13)5-7-15(12)6-4-10-8-17-9-14-10/h5,7-9H,1-4,6H2. The number of thiazole rings is 1. The molecular weight excluding hydrogens is 232 g/mol. The van der Waals surface area contributed by atoms with E-state index in [1.54, 1.807) is 11.3 Å². The lowest BCUT2D eigenvalue weighted by atomic mass is 9.97. The Kier molecular flexibility index (Phi) is 2.81. The fourth-order valence-electron chi connectivity index (χ4n) is 2.39. The largest absolute Gasteiger partial charge is 0.350 e. The zero-order chi connectivity index (χ0) is 11.7. The first kappa shape index (κ1) is 10.7. The van der Waals surface area contributed by atoms with Gasteiger partial charge in [0.05, 0.1) is 11.2 Å². The molecule has 3 rings (SSSR count). The SMILES string of the molecule is O=C1CCCc2c1ccn2CCc1cscn1. The minimum Gasteiger partial charge on any atom is -0.350 e. The number of nitrogens with zero attached hydrogens (tertiary/aromatic N) is 2. The number of carbonyl (C=O) groups is 1. The first-order valence-electron chi connectivity index (χ1n) is 5.93. The van der Waals surface area contributed by atoms with Crippen molar-refractivity contribution in [2.45, 2.75) is 32.2 Å². The van der Waals surface area contributed by atoms with Crippen molar-refractivity contribution in [1.29, 1.82) is 0 Å². The van der Waals surface area contributed by atoms with Crippen molar-refractivity contribution in [3.63, 3.8) is 0 Å². The zero-order valence-electron chi connectivity index (χ0n) is 9.56. The highest BCUT2D eigenvalue weighted by molar-refractivity contribution is 7.07. The summed E-state index contributed by atoms with van der Waals surface area (Å²) in [5.74, 6) is 0.304. The van der Waals surface area contributed by atoms with E-state index in [1.165, 1.54) is 5.69 Å². The molecule has 2 heterocycles. The summed E-state index contributed by atoms with van der Waals surface area (Å²) in [6, 6.07) is 1.97. The molecule has 4 heteroatoms. The Bertz CT molecular complexity index is 528. The predicted octanol–water partition coefficient (Wildman–Crippen LogP) is 2.71. The highest BCUT2D eigenvalue weighted by Crippen LogP contribution is 2.22. The summed E-state index contributed by atoms with van der Waals surface area (Å²) >= 11 is 1.63. The van der Waals surface area contributed by atoms with Crippen LogP contribution >= 0.6 is 11.3 Å². The second-order valence-corrected chi connectivity index (χ2v) is 5.09. The van der Waals surface area contributed by atoms with Crippen LogP contribution in [0.25, 0.3) is 0 Å². The van der Waals surface area contributed by atoms with Gasteiger partial charge in [-0.3, -0.25) is 4.79 Å². The van der Waals surface area contributed by atoms with Crippen LogP contribution in [0.4, 0.5) is 0 Å². The van der Waals surface area contributed by atoms with Gasteiger partial charge in [0, 0.05) is 42.2 Å². The third-order valence-electron chi connectivity index (χ3n) is 3.29. The number of hydrogen-bond donors (Lipinski definition) is 0. The molecule has 0 saturated heterocycles. The normalized spacial score (nSPS) is 14.9. The maximum Gasteiger partial charge on any atom is 0.164 e. The molecule has 3 nitrogen and oxygen atoms in total. The monoisotopic (exact) mass is 246 g/mol. The molecule has 0 amide bonds. The summed E-state index contributed by atoms with van der Waals surface area (Å²) in [5, 5.41) is 2.08. The fourth-order valence-corrected chi connectivity index (χ4v) is 2.99. The molecule has 17 heavy (non-hydrogen) atoms. The van der Waals surface area contributed by atoms with Gasteiger partial charge in [-0.05, 0) is 18.9 Å². The molecule has 2 aromatic heterocycles. The first-order chi connectivity index (χ1) is 8.34. The predicted molar refractivity (Wildman–Crippen MR) is 67.5 cm³/mol. The molecule has 0 spiro atoms. The molecule has 0 aromatic carbocycles. The number of hydrogen-bond acceptors (Lipinski definition) is 3. The van der Waals surface area contributed by atoms with Gasteiger partial charge in [-0.1, -0.05) is 0 Å². The Balaban J connectivity index is 1.78. The van der Waals surface area contributed by atoms with Crippen LogP contribution in [0.2, 0.25) is 0 Å². The van der Waals surface area contributed by atoms with E-state index in [0.717, 1.165) is 37.1 Å². The molecule has 0 radical (unpaired) electrons. The minimum absolute atomic E-state index is 0.304. The summed E-state index contributed by atoms with van der Waals surface area (Å²) < 4.78 is 2.21. The van der Waals surface area contributed by atoms with Gasteiger partial charge in [-0.15, -0.1) is 11.3 Å². The molecule has 1 aliphatic rings. The van der Waals surface area contributed by atoms with Gasteiger partial charge in [-0.2, -0.15) is 0 Å². The van der Waals surface area contributed by atoms with Crippen LogP contribution in [-0.4, -0.2) is 15.3 Å². The highest BCUT2D eigenvalue weighted by atomic mass is 32.1. The minimum atomic E-state index is 0.304. The fraction of sp³-hybridized carbons (Fsp3) is 0.385. The molecule has 0 N–H and O–H groups in total. The Labute approximate surface area is 104 Å². The van der Waals surface area contributed by atoms with Crippen LogP contribution in [0.1, 0.15) is 34.6 Å². The lowest BCUT2D eigenvalue weighted by Gasteiger charge is -2.14. The van der Waals surface area contributed by atoms with E-state index >= 15 is 0 Å². The zero-order valence-corrected chi connectivity index (χ0v) is 10.4. The van der Waals surface area contributed by atoms with E-state index in [0.29, 0.717) is 12.2 Å². The second-order valence-electron chi connectivity index (χ2n) is 4.38. The van der Waals surface area contributed by atoms with Crippen LogP contribution in [0.5, 0.6) is 0 Å². The molecule has 0 fully saturated rings. The van der Waals surface area contributed by atoms with Crippen LogP contribution in [0, 0.1) is 0 Å². The van der Waals surface area contributed by atoms with Crippen molar-refractivity contribution >= 4 is 17.1 Å². The van der Waals surface area contributed by atoms with E-state index < -0.39 is 0 Å². The van der Waals surface area contributed by atoms with Gasteiger partial charge in [0.15, 0.2) is 5.78 Å². The molecule has 0 atom stereocenters. The van der Waals surface area contributed by atoms with Gasteiger partial charge in [-0.25, -0.2) is 4.98 Å². The number of fused-ring (bicyclic) bond motifs is 1. The average molecular weight is 246 g/mol. The number of rotatable bonds is 3. The van der Waals surface area contributed by atoms with Crippen LogP contribution in [-0.2, 0) is 19.4 Å². The maximum atomic E-state index is 11.7. The van der Waals surface area contributed by atoms with Gasteiger partial charge in [0.2, 0.25) is 0 Å². The van der Waals surface area contributed by atoms with Crippen molar-refractivity contribution in [1.82, 2.24) is 9.55 Å². The van der Waals surface area contributed by atoms with E-state index in [2.05, 4.69) is 14.9 Å². The first-order valence-corrected chi connectivity index (χ1v) is 6.87. The Morgan fingerprint density at radius 3 is 3.18 bits per heavy atom. The van der Waals surface area contributed by atoms with Gasteiger partial charge in [0.25, 0.3) is 0 Å². The highest BCUT2D eigenvalue weighted by Gasteiger charge is 2.20. The van der Waals surface area contributed by atoms with Crippen molar-refractivity contribution in [2.24, 2.45) is 0 Å². The molecule has 0 unspecified atom stereocenters. The number of ketones is 1. The second kappa shape index (κ2) is 4.45. The average Bonchev–Trinajstić information content (AvgIpc) is 2.95. The Morgan fingerprint density at radius 2 is 2.35 bits per heavy atom. The summed E-state index contributed by atoms with van der Waals surface area (Å²) in [4.78, 5) is 16.0. The molecule has 0 saturated carbocycles. The number of Topliss-reactive ketones (excluding diaryl/α,β-unsaturated/α-hetero) is 1. The quantitative estimate of drug-likeness (QED) is 0.834. The molecule has 0 aliphatic heterocycles. The lowest BCUT2D eigenvalue weighted by Crippen LogP contribution is -2.13. The van der Waals surface area contributed by atoms with E-state index in [1.807, 2.05) is 17.8 Å². The summed E-state index contributed by atoms with van der Waals surface area (Å²) in [7, 11) is 0. The molecule has 1 aliphatic carbocycles. The number of aryl methyl sites for hydroxylation is 2. The summed E-state index contributed by atoms with van der Waals surface area (Å²) in [5.41, 5.74) is 5.16. The number of carbonyl (C=O) groups excluding carboxylic acids is 1. The van der Waals surface area contributed by atoms with Gasteiger partial charge in [0.1, 0.15) is 0 Å². The van der Waals surface area contributed by atoms with Crippen LogP contribution < -0.4 is 0 Å². The van der Waals surface area contributed by atoms with Crippen LogP contribution in [0.3, 0.4) is 0 Å². The van der Waals surface area contributed by atoms with Crippen LogP contribution in [0.15, 0.2) is 23.2 Å². The molecule has 0 bridgehead atoms. The van der Waals surface area contributed by atoms with E-state index in [9.17, 15) is 4.79 Å². The smallest absolute Gasteiger partial charge is 0.164 e. The van der Waals surface area contributed by atoms with E-state index in [-0.39, 0.29) is 0 Å². The molecule has 88 valence electrons. The third-order valence-corrected chi connectivity index (χ3v) is 3.92. The summed E-state index contributed by atoms with van der Waals surface area (Å²) in [6.07, 6.45) is 5.72. The number of aromatic nitrogens is 2. The molecule has 2 aromatic rings. The maximum absolute atomic E-state index is 11.7. The van der Waals surface area contributed by atoms with E-state index in [4.69, 9.17) is 0 Å². The van der Waals surface area contributed by atoms with Gasteiger partial charge >= 0.3 is 0 Å². The van der Waals surface area contributed by atoms with Crippen molar-refractivity contribution in [3.05, 3.63) is 40.1 Å². The molecular formula is C13H14N2OS. The summed E-state index contributed by atoms with van der Waals surface area (Å²) in [6.45, 7) is 0.923. The van der Waals surface area contributed by atoms with Crippen molar-refractivity contribution in [2.75, 3.05) is 0 Å². The lowest BCUT2D eigenvalue weighted by molar-refractivity contribution is 0.0972. The van der Waals surface area contributed by atoms with Gasteiger partial charge < -0.3 is 4.57 Å². The Hall–Kier alpha value is -1.42. The topological polar surface area (TPSA) is 34.9 Å². The van der Waals surface area contributed by atoms with Crippen molar-refractivity contribution in [3.8, 4) is 0 Å². The third kappa shape index (κ3) is 2.05. The Morgan fingerprint density at radius 1 is 1.41 bits per heavy atom. The van der Waals surface area contributed by atoms with Crippen molar-refractivity contribution < 1.29 is 4.79 Å².